The van der Waals surface area contributed by atoms with Crippen LogP contribution in [0.2, 0.25) is 15.1 Å². The van der Waals surface area contributed by atoms with E-state index in [1.807, 2.05) is 47.5 Å². The van der Waals surface area contributed by atoms with Crippen molar-refractivity contribution in [3.05, 3.63) is 92.7 Å². The molecule has 0 saturated carbocycles. The molecule has 3 aromatic rings. The monoisotopic (exact) mass is 448 g/mol. The van der Waals surface area contributed by atoms with Crippen LogP contribution in [0.1, 0.15) is 35.5 Å². The number of halogens is 3. The lowest BCUT2D eigenvalue weighted by molar-refractivity contribution is 0.0718. The van der Waals surface area contributed by atoms with Crippen LogP contribution in [0.5, 0.6) is 0 Å². The van der Waals surface area contributed by atoms with E-state index < -0.39 is 0 Å². The molecule has 1 heterocycles. The Balaban J connectivity index is 1.84. The molecule has 2 aromatic carbocycles. The minimum absolute atomic E-state index is 0.0846. The summed E-state index contributed by atoms with van der Waals surface area (Å²) < 4.78 is 2.14. The van der Waals surface area contributed by atoms with Crippen molar-refractivity contribution in [2.24, 2.45) is 5.92 Å². The largest absolute Gasteiger partial charge is 0.345 e. The summed E-state index contributed by atoms with van der Waals surface area (Å²) >= 11 is 18.3. The third-order valence-electron chi connectivity index (χ3n) is 4.50. The molecule has 0 radical (unpaired) electrons. The van der Waals surface area contributed by atoms with Gasteiger partial charge in [0.05, 0.1) is 6.54 Å². The van der Waals surface area contributed by atoms with E-state index in [9.17, 15) is 4.79 Å². The summed E-state index contributed by atoms with van der Waals surface area (Å²) in [5, 5.41) is 1.62. The Morgan fingerprint density at radius 1 is 0.966 bits per heavy atom. The topological polar surface area (TPSA) is 25.2 Å². The Labute approximate surface area is 186 Å². The van der Waals surface area contributed by atoms with E-state index in [1.165, 1.54) is 0 Å². The fourth-order valence-electron chi connectivity index (χ4n) is 3.29. The first-order valence-corrected chi connectivity index (χ1v) is 10.6. The number of hydrogen-bond donors (Lipinski definition) is 0. The summed E-state index contributed by atoms with van der Waals surface area (Å²) in [5.41, 5.74) is 2.65. The Morgan fingerprint density at radius 2 is 1.69 bits per heavy atom. The van der Waals surface area contributed by atoms with E-state index in [2.05, 4.69) is 18.4 Å². The van der Waals surface area contributed by atoms with Crippen molar-refractivity contribution in [3.63, 3.8) is 0 Å². The molecule has 29 heavy (non-hydrogen) atoms. The Morgan fingerprint density at radius 3 is 2.34 bits per heavy atom. The summed E-state index contributed by atoms with van der Waals surface area (Å²) in [6.07, 6.45) is 2.02. The van der Waals surface area contributed by atoms with Gasteiger partial charge in [0.1, 0.15) is 0 Å². The predicted octanol–water partition coefficient (Wildman–Crippen LogP) is 6.80. The van der Waals surface area contributed by atoms with Crippen LogP contribution in [0.4, 0.5) is 0 Å². The number of nitrogens with zero attached hydrogens (tertiary/aromatic N) is 2. The van der Waals surface area contributed by atoms with Crippen LogP contribution >= 0.6 is 34.8 Å². The second kappa shape index (κ2) is 9.71. The van der Waals surface area contributed by atoms with Crippen molar-refractivity contribution < 1.29 is 4.79 Å². The Hall–Kier alpha value is -1.94. The number of aromatic nitrogens is 1. The van der Waals surface area contributed by atoms with Crippen LogP contribution in [0.25, 0.3) is 0 Å². The van der Waals surface area contributed by atoms with Gasteiger partial charge in [-0.05, 0) is 53.9 Å². The van der Waals surface area contributed by atoms with E-state index in [0.717, 1.165) is 11.3 Å². The van der Waals surface area contributed by atoms with E-state index in [4.69, 9.17) is 34.8 Å². The van der Waals surface area contributed by atoms with Crippen LogP contribution in [0.15, 0.2) is 60.8 Å². The second-order valence-corrected chi connectivity index (χ2v) is 8.80. The van der Waals surface area contributed by atoms with Gasteiger partial charge in [-0.2, -0.15) is 0 Å². The molecule has 0 unspecified atom stereocenters. The van der Waals surface area contributed by atoms with Gasteiger partial charge in [-0.25, -0.2) is 0 Å². The highest BCUT2D eigenvalue weighted by Gasteiger charge is 2.20. The van der Waals surface area contributed by atoms with E-state index >= 15 is 0 Å². The van der Waals surface area contributed by atoms with Crippen molar-refractivity contribution in [2.45, 2.75) is 26.9 Å². The molecule has 0 N–H and O–H groups in total. The van der Waals surface area contributed by atoms with Crippen molar-refractivity contribution >= 4 is 40.7 Å². The van der Waals surface area contributed by atoms with Gasteiger partial charge in [-0.1, -0.05) is 60.8 Å². The Kier molecular flexibility index (Phi) is 7.28. The Bertz CT molecular complexity index is 977. The molecular formula is C23H23Cl3N2O. The van der Waals surface area contributed by atoms with Gasteiger partial charge in [0.15, 0.2) is 0 Å². The average Bonchev–Trinajstić information content (AvgIpc) is 3.06. The van der Waals surface area contributed by atoms with E-state index in [0.29, 0.717) is 46.2 Å². The molecule has 0 aliphatic carbocycles. The summed E-state index contributed by atoms with van der Waals surface area (Å²) in [7, 11) is 0. The summed E-state index contributed by atoms with van der Waals surface area (Å²) in [6.45, 7) is 6.00. The minimum atomic E-state index is -0.0846. The molecule has 0 fully saturated rings. The lowest BCUT2D eigenvalue weighted by Crippen LogP contribution is -2.34. The molecule has 0 aliphatic rings. The van der Waals surface area contributed by atoms with Gasteiger partial charge in [-0.15, -0.1) is 0 Å². The molecule has 152 valence electrons. The first-order valence-electron chi connectivity index (χ1n) is 9.45. The molecule has 3 rings (SSSR count). The summed E-state index contributed by atoms with van der Waals surface area (Å²) in [5.74, 6) is 0.239. The highest BCUT2D eigenvalue weighted by molar-refractivity contribution is 6.35. The fraction of sp³-hybridized carbons (Fsp3) is 0.261. The first kappa shape index (κ1) is 21.8. The van der Waals surface area contributed by atoms with E-state index in [-0.39, 0.29) is 5.91 Å². The zero-order valence-corrected chi connectivity index (χ0v) is 18.7. The van der Waals surface area contributed by atoms with Gasteiger partial charge in [0.25, 0.3) is 5.91 Å². The normalized spacial score (nSPS) is 11.1. The molecule has 3 nitrogen and oxygen atoms in total. The average molecular weight is 450 g/mol. The lowest BCUT2D eigenvalue weighted by Gasteiger charge is -2.26. The maximum Gasteiger partial charge on any atom is 0.254 e. The van der Waals surface area contributed by atoms with Crippen LogP contribution in [0, 0.1) is 5.92 Å². The van der Waals surface area contributed by atoms with Gasteiger partial charge in [0, 0.05) is 45.6 Å². The van der Waals surface area contributed by atoms with Crippen molar-refractivity contribution in [2.75, 3.05) is 6.54 Å². The van der Waals surface area contributed by atoms with Gasteiger partial charge in [0.2, 0.25) is 0 Å². The molecule has 6 heteroatoms. The van der Waals surface area contributed by atoms with E-state index in [1.54, 1.807) is 18.2 Å². The lowest BCUT2D eigenvalue weighted by atomic mass is 10.1. The first-order chi connectivity index (χ1) is 13.8. The number of amides is 1. The van der Waals surface area contributed by atoms with Gasteiger partial charge >= 0.3 is 0 Å². The fourth-order valence-corrected chi connectivity index (χ4v) is 4.03. The second-order valence-electron chi connectivity index (χ2n) is 7.49. The number of carbonyl (C=O) groups excluding carboxylic acids is 1. The number of rotatable bonds is 7. The number of carbonyl (C=O) groups is 1. The zero-order chi connectivity index (χ0) is 21.0. The van der Waals surface area contributed by atoms with Gasteiger partial charge < -0.3 is 9.47 Å². The van der Waals surface area contributed by atoms with Crippen LogP contribution in [0.3, 0.4) is 0 Å². The zero-order valence-electron chi connectivity index (χ0n) is 16.4. The molecule has 1 amide bonds. The molecule has 0 aliphatic heterocycles. The van der Waals surface area contributed by atoms with Crippen molar-refractivity contribution in [1.29, 1.82) is 0 Å². The maximum atomic E-state index is 13.2. The number of hydrogen-bond acceptors (Lipinski definition) is 1. The van der Waals surface area contributed by atoms with Crippen LogP contribution in [-0.2, 0) is 13.1 Å². The molecule has 0 saturated heterocycles. The summed E-state index contributed by atoms with van der Waals surface area (Å²) in [4.78, 5) is 15.1. The van der Waals surface area contributed by atoms with Crippen LogP contribution < -0.4 is 0 Å². The number of benzene rings is 2. The smallest absolute Gasteiger partial charge is 0.254 e. The quantitative estimate of drug-likeness (QED) is 0.389. The van der Waals surface area contributed by atoms with Crippen LogP contribution in [-0.4, -0.2) is 21.9 Å². The SMILES string of the molecule is CC(C)CN(Cc1cccn1Cc1cccc(Cl)c1)C(=O)c1cc(Cl)cc(Cl)c1. The highest BCUT2D eigenvalue weighted by Crippen LogP contribution is 2.22. The van der Waals surface area contributed by atoms with Crippen molar-refractivity contribution in [3.8, 4) is 0 Å². The predicted molar refractivity (Wildman–Crippen MR) is 121 cm³/mol. The van der Waals surface area contributed by atoms with Gasteiger partial charge in [-0.3, -0.25) is 4.79 Å². The molecule has 0 spiro atoms. The standard InChI is InChI=1S/C23H23Cl3N2O/c1-16(2)13-28(23(29)18-10-20(25)12-21(26)11-18)15-22-7-4-8-27(22)14-17-5-3-6-19(24)9-17/h3-12,16H,13-15H2,1-2H3. The third kappa shape index (κ3) is 6.02. The molecule has 0 bridgehead atoms. The molecule has 1 aromatic heterocycles. The maximum absolute atomic E-state index is 13.2. The summed E-state index contributed by atoms with van der Waals surface area (Å²) in [6, 6.07) is 16.8. The molecule has 0 atom stereocenters. The third-order valence-corrected chi connectivity index (χ3v) is 5.17. The minimum Gasteiger partial charge on any atom is -0.345 e. The highest BCUT2D eigenvalue weighted by atomic mass is 35.5. The molecular weight excluding hydrogens is 427 g/mol. The van der Waals surface area contributed by atoms with Crippen molar-refractivity contribution in [1.82, 2.24) is 9.47 Å².